The second-order valence-corrected chi connectivity index (χ2v) is 1.58. The van der Waals surface area contributed by atoms with Gasteiger partial charge in [-0.1, -0.05) is 0 Å². The Balaban J connectivity index is 0. The van der Waals surface area contributed by atoms with Gasteiger partial charge >= 0.3 is 24.4 Å². The van der Waals surface area contributed by atoms with Gasteiger partial charge in [-0.25, -0.2) is 0 Å². The Labute approximate surface area is 66.1 Å². The quantitative estimate of drug-likeness (QED) is 0.463. The van der Waals surface area contributed by atoms with E-state index in [0.29, 0.717) is 0 Å². The first-order chi connectivity index (χ1) is 3.13. The van der Waals surface area contributed by atoms with Crippen LogP contribution in [0.1, 0.15) is 20.3 Å². The second kappa shape index (κ2) is 5.30. The van der Waals surface area contributed by atoms with E-state index in [0.717, 1.165) is 0 Å². The first kappa shape index (κ1) is 11.0. The summed E-state index contributed by atoms with van der Waals surface area (Å²) in [7, 11) is 0. The van der Waals surface area contributed by atoms with Crippen LogP contribution in [0.2, 0.25) is 0 Å². The molecule has 0 atom stereocenters. The molecule has 0 N–H and O–H groups in total. The van der Waals surface area contributed by atoms with Gasteiger partial charge < -0.3 is 0 Å². The van der Waals surface area contributed by atoms with Crippen molar-refractivity contribution in [1.29, 1.82) is 0 Å². The third-order valence-corrected chi connectivity index (χ3v) is 0.498. The summed E-state index contributed by atoms with van der Waals surface area (Å²) in [6.45, 7) is 2.81. The van der Waals surface area contributed by atoms with Crippen LogP contribution in [-0.4, -0.2) is 36.0 Å². The van der Waals surface area contributed by atoms with Gasteiger partial charge in [-0.3, -0.25) is 9.59 Å². The van der Waals surface area contributed by atoms with Crippen molar-refractivity contribution in [2.45, 2.75) is 20.3 Å². The summed E-state index contributed by atoms with van der Waals surface area (Å²) in [6.07, 6.45) is 0.0833. The molecule has 0 amide bonds. The number of hydrogen-bond acceptors (Lipinski definition) is 2. The molecule has 0 aromatic rings. The van der Waals surface area contributed by atoms with Gasteiger partial charge in [0, 0.05) is 0 Å². The Morgan fingerprint density at radius 1 is 1.12 bits per heavy atom. The van der Waals surface area contributed by atoms with Crippen LogP contribution in [0.5, 0.6) is 0 Å². The van der Waals surface area contributed by atoms with Crippen LogP contribution in [0.4, 0.5) is 0 Å². The summed E-state index contributed by atoms with van der Waals surface area (Å²) in [6, 6.07) is 0. The van der Waals surface area contributed by atoms with Crippen LogP contribution in [0, 0.1) is 0 Å². The Hall–Kier alpha value is 0.158. The van der Waals surface area contributed by atoms with Crippen LogP contribution in [0.15, 0.2) is 0 Å². The zero-order valence-corrected chi connectivity index (χ0v) is 9.27. The molecule has 0 unspecified atom stereocenters. The van der Waals surface area contributed by atoms with Gasteiger partial charge in [0.2, 0.25) is 0 Å². The van der Waals surface area contributed by atoms with Crippen LogP contribution in [0.25, 0.3) is 0 Å². The van der Waals surface area contributed by atoms with E-state index in [4.69, 9.17) is 0 Å². The fourth-order valence-corrected chi connectivity index (χ4v) is 0.351. The van der Waals surface area contributed by atoms with E-state index in [-0.39, 0.29) is 42.4 Å². The second-order valence-electron chi connectivity index (χ2n) is 1.58. The van der Waals surface area contributed by atoms with E-state index in [1.54, 1.807) is 0 Å². The molecule has 0 aliphatic heterocycles. The molecule has 3 heteroatoms. The van der Waals surface area contributed by atoms with Gasteiger partial charge in [-0.2, -0.15) is 0 Å². The Bertz CT molecular complexity index is 86.6. The standard InChI is InChI=1S/C5H8O2.Sb.3H/c1-4(6)3-5(2)7;;;;/h3H2,1-2H3;;;;. The minimum atomic E-state index is -0.0625. The molecule has 8 heavy (non-hydrogen) atoms. The van der Waals surface area contributed by atoms with Crippen LogP contribution >= 0.6 is 0 Å². The van der Waals surface area contributed by atoms with Crippen LogP contribution < -0.4 is 0 Å². The molecule has 0 radical (unpaired) electrons. The van der Waals surface area contributed by atoms with Crippen molar-refractivity contribution in [3.8, 4) is 0 Å². The number of rotatable bonds is 2. The van der Waals surface area contributed by atoms with Crippen molar-refractivity contribution in [2.75, 3.05) is 0 Å². The summed E-state index contributed by atoms with van der Waals surface area (Å²) in [5, 5.41) is 0. The monoisotopic (exact) mass is 224 g/mol. The van der Waals surface area contributed by atoms with Crippen molar-refractivity contribution in [1.82, 2.24) is 0 Å². The van der Waals surface area contributed by atoms with Gasteiger partial charge in [0.1, 0.15) is 11.6 Å². The first-order valence-corrected chi connectivity index (χ1v) is 2.12. The predicted molar refractivity (Wildman–Crippen MR) is 35.9 cm³/mol. The zero-order chi connectivity index (χ0) is 5.86. The molecule has 0 saturated carbocycles. The van der Waals surface area contributed by atoms with Crippen molar-refractivity contribution in [2.24, 2.45) is 0 Å². The van der Waals surface area contributed by atoms with E-state index < -0.39 is 0 Å². The molecule has 0 saturated heterocycles. The van der Waals surface area contributed by atoms with Crippen molar-refractivity contribution in [3.63, 3.8) is 0 Å². The molecule has 0 aliphatic rings. The molecular weight excluding hydrogens is 214 g/mol. The van der Waals surface area contributed by atoms with Crippen molar-refractivity contribution in [3.05, 3.63) is 0 Å². The topological polar surface area (TPSA) is 34.1 Å². The third-order valence-electron chi connectivity index (χ3n) is 0.498. The molecule has 0 fully saturated rings. The Kier molecular flexibility index (Phi) is 7.30. The normalized spacial score (nSPS) is 7.25. The van der Waals surface area contributed by atoms with E-state index in [1.165, 1.54) is 13.8 Å². The maximum absolute atomic E-state index is 10.0. The number of ketones is 2. The number of carbonyl (C=O) groups excluding carboxylic acids is 2. The molecule has 0 spiro atoms. The Morgan fingerprint density at radius 2 is 1.38 bits per heavy atom. The minimum absolute atomic E-state index is 0. The summed E-state index contributed by atoms with van der Waals surface area (Å²) in [5.41, 5.74) is 0. The van der Waals surface area contributed by atoms with E-state index in [9.17, 15) is 9.59 Å². The van der Waals surface area contributed by atoms with E-state index in [2.05, 4.69) is 0 Å². The third kappa shape index (κ3) is 9.48. The van der Waals surface area contributed by atoms with Crippen LogP contribution in [-0.2, 0) is 9.59 Å². The van der Waals surface area contributed by atoms with Crippen molar-refractivity contribution >= 4 is 36.0 Å². The maximum atomic E-state index is 10.0. The van der Waals surface area contributed by atoms with Crippen LogP contribution in [0.3, 0.4) is 0 Å². The molecule has 0 aliphatic carbocycles. The summed E-state index contributed by atoms with van der Waals surface area (Å²) >= 11 is 0. The molecule has 0 aromatic carbocycles. The summed E-state index contributed by atoms with van der Waals surface area (Å²) in [5.74, 6) is -0.125. The molecule has 0 bridgehead atoms. The van der Waals surface area contributed by atoms with E-state index in [1.807, 2.05) is 0 Å². The summed E-state index contributed by atoms with van der Waals surface area (Å²) < 4.78 is 0. The van der Waals surface area contributed by atoms with Crippen molar-refractivity contribution < 1.29 is 9.59 Å². The molecule has 2 nitrogen and oxygen atoms in total. The molecule has 0 aromatic heterocycles. The average molecular weight is 225 g/mol. The zero-order valence-electron chi connectivity index (χ0n) is 5.23. The average Bonchev–Trinajstić information content (AvgIpc) is 1.27. The van der Waals surface area contributed by atoms with Gasteiger partial charge in [0.25, 0.3) is 0 Å². The number of Topliss-reactive ketones (excluding diaryl/α,β-unsaturated/α-hetero) is 2. The van der Waals surface area contributed by atoms with Gasteiger partial charge in [0.05, 0.1) is 6.42 Å². The van der Waals surface area contributed by atoms with Gasteiger partial charge in [0.15, 0.2) is 0 Å². The molecule has 48 valence electrons. The molecule has 0 rings (SSSR count). The first-order valence-electron chi connectivity index (χ1n) is 2.12. The predicted octanol–water partition coefficient (Wildman–Crippen LogP) is -0.629. The fraction of sp³-hybridized carbons (Fsp3) is 0.600. The fourth-order valence-electron chi connectivity index (χ4n) is 0.351. The molecular formula is C5H11O2Sb. The SMILES string of the molecule is CC(=O)CC(C)=O.[SbH3]. The Morgan fingerprint density at radius 3 is 1.38 bits per heavy atom. The summed E-state index contributed by atoms with van der Waals surface area (Å²) in [4.78, 5) is 20.1. The molecule has 0 heterocycles. The van der Waals surface area contributed by atoms with Gasteiger partial charge in [-0.15, -0.1) is 0 Å². The number of carbonyl (C=O) groups is 2. The number of hydrogen-bond donors (Lipinski definition) is 0. The van der Waals surface area contributed by atoms with E-state index >= 15 is 0 Å². The van der Waals surface area contributed by atoms with Gasteiger partial charge in [-0.05, 0) is 13.8 Å².